The molecule has 4 heteroatoms. The predicted octanol–water partition coefficient (Wildman–Crippen LogP) is 2.26. The Kier molecular flexibility index (Phi) is 6.52. The van der Waals surface area contributed by atoms with Crippen molar-refractivity contribution >= 4 is 5.91 Å². The van der Waals surface area contributed by atoms with Crippen LogP contribution in [-0.2, 0) is 11.2 Å². The lowest BCUT2D eigenvalue weighted by Gasteiger charge is -2.20. The molecule has 0 aliphatic carbocycles. The number of amides is 1. The van der Waals surface area contributed by atoms with Gasteiger partial charge >= 0.3 is 0 Å². The van der Waals surface area contributed by atoms with Crippen molar-refractivity contribution in [1.29, 1.82) is 0 Å². The number of hydrogen-bond acceptors (Lipinski definition) is 3. The van der Waals surface area contributed by atoms with Gasteiger partial charge in [-0.15, -0.1) is 0 Å². The van der Waals surface area contributed by atoms with Gasteiger partial charge < -0.3 is 15.8 Å². The molecule has 20 heavy (non-hydrogen) atoms. The predicted molar refractivity (Wildman–Crippen MR) is 81.8 cm³/mol. The lowest BCUT2D eigenvalue weighted by atomic mass is 10.1. The molecule has 0 spiro atoms. The number of benzene rings is 1. The molecule has 1 amide bonds. The van der Waals surface area contributed by atoms with Crippen LogP contribution in [-0.4, -0.2) is 24.1 Å². The van der Waals surface area contributed by atoms with Crippen LogP contribution in [0.4, 0.5) is 0 Å². The van der Waals surface area contributed by atoms with Gasteiger partial charge in [0.25, 0.3) is 5.91 Å². The molecule has 1 rings (SSSR count). The largest absolute Gasteiger partial charge is 0.481 e. The van der Waals surface area contributed by atoms with E-state index >= 15 is 0 Å². The lowest BCUT2D eigenvalue weighted by molar-refractivity contribution is -0.127. The fourth-order valence-electron chi connectivity index (χ4n) is 1.84. The summed E-state index contributed by atoms with van der Waals surface area (Å²) in [5.41, 5.74) is 6.87. The standard InChI is InChI=1S/C16H26N2O2/c1-5-12(3)18-16(19)13(4)20-15-9-7-6-8-14(15)10-11(2)17/h6-9,11-13H,5,10,17H2,1-4H3,(H,18,19). The molecule has 0 bridgehead atoms. The second kappa shape index (κ2) is 7.90. The summed E-state index contributed by atoms with van der Waals surface area (Å²) in [6.45, 7) is 7.74. The van der Waals surface area contributed by atoms with Crippen LogP contribution in [0, 0.1) is 0 Å². The van der Waals surface area contributed by atoms with Crippen LogP contribution in [0.3, 0.4) is 0 Å². The highest BCUT2D eigenvalue weighted by atomic mass is 16.5. The summed E-state index contributed by atoms with van der Waals surface area (Å²) >= 11 is 0. The number of carbonyl (C=O) groups is 1. The summed E-state index contributed by atoms with van der Waals surface area (Å²) in [4.78, 5) is 12.0. The first-order chi connectivity index (χ1) is 9.43. The van der Waals surface area contributed by atoms with E-state index in [2.05, 4.69) is 5.32 Å². The van der Waals surface area contributed by atoms with Crippen LogP contribution >= 0.6 is 0 Å². The van der Waals surface area contributed by atoms with Crippen molar-refractivity contribution in [2.45, 2.75) is 58.7 Å². The Morgan fingerprint density at radius 3 is 2.55 bits per heavy atom. The quantitative estimate of drug-likeness (QED) is 0.804. The molecule has 4 nitrogen and oxygen atoms in total. The maximum atomic E-state index is 12.0. The molecule has 112 valence electrons. The Bertz CT molecular complexity index is 432. The number of hydrogen-bond donors (Lipinski definition) is 2. The molecule has 1 aromatic rings. The highest BCUT2D eigenvalue weighted by molar-refractivity contribution is 5.81. The summed E-state index contributed by atoms with van der Waals surface area (Å²) in [5.74, 6) is 0.645. The number of ether oxygens (including phenoxy) is 1. The van der Waals surface area contributed by atoms with Gasteiger partial charge in [-0.25, -0.2) is 0 Å². The third kappa shape index (κ3) is 5.21. The van der Waals surface area contributed by atoms with E-state index in [4.69, 9.17) is 10.5 Å². The van der Waals surface area contributed by atoms with Gasteiger partial charge in [0.2, 0.25) is 0 Å². The summed E-state index contributed by atoms with van der Waals surface area (Å²) < 4.78 is 5.79. The second-order valence-electron chi connectivity index (χ2n) is 5.37. The molecule has 3 N–H and O–H groups in total. The van der Waals surface area contributed by atoms with Crippen LogP contribution in [0.15, 0.2) is 24.3 Å². The van der Waals surface area contributed by atoms with Crippen LogP contribution in [0.5, 0.6) is 5.75 Å². The van der Waals surface area contributed by atoms with Crippen LogP contribution in [0.2, 0.25) is 0 Å². The molecule has 0 radical (unpaired) electrons. The molecule has 3 unspecified atom stereocenters. The van der Waals surface area contributed by atoms with Crippen molar-refractivity contribution in [2.75, 3.05) is 0 Å². The Hall–Kier alpha value is -1.55. The Balaban J connectivity index is 2.70. The van der Waals surface area contributed by atoms with E-state index in [-0.39, 0.29) is 18.0 Å². The first-order valence-corrected chi connectivity index (χ1v) is 7.24. The Morgan fingerprint density at radius 1 is 1.30 bits per heavy atom. The number of carbonyl (C=O) groups excluding carboxylic acids is 1. The van der Waals surface area contributed by atoms with Crippen molar-refractivity contribution < 1.29 is 9.53 Å². The van der Waals surface area contributed by atoms with Crippen LogP contribution < -0.4 is 15.8 Å². The Labute approximate surface area is 121 Å². The van der Waals surface area contributed by atoms with E-state index in [0.29, 0.717) is 0 Å². The average Bonchev–Trinajstić information content (AvgIpc) is 2.40. The van der Waals surface area contributed by atoms with E-state index in [1.165, 1.54) is 0 Å². The Morgan fingerprint density at radius 2 is 1.95 bits per heavy atom. The zero-order valence-corrected chi connectivity index (χ0v) is 12.8. The van der Waals surface area contributed by atoms with Crippen molar-refractivity contribution in [3.8, 4) is 5.75 Å². The molecule has 3 atom stereocenters. The number of rotatable bonds is 7. The van der Waals surface area contributed by atoms with E-state index in [0.717, 1.165) is 24.2 Å². The zero-order chi connectivity index (χ0) is 15.1. The fraction of sp³-hybridized carbons (Fsp3) is 0.562. The zero-order valence-electron chi connectivity index (χ0n) is 12.8. The molecule has 1 aromatic carbocycles. The number of nitrogens with one attached hydrogen (secondary N) is 1. The van der Waals surface area contributed by atoms with Gasteiger partial charge in [0.15, 0.2) is 6.10 Å². The summed E-state index contributed by atoms with van der Waals surface area (Å²) in [6.07, 6.45) is 1.12. The third-order valence-electron chi connectivity index (χ3n) is 3.19. The molecule has 0 aliphatic rings. The molecule has 0 heterocycles. The van der Waals surface area contributed by atoms with Gasteiger partial charge in [-0.3, -0.25) is 4.79 Å². The molecule has 0 aromatic heterocycles. The van der Waals surface area contributed by atoms with E-state index in [1.54, 1.807) is 6.92 Å². The summed E-state index contributed by atoms with van der Waals surface area (Å²) in [6, 6.07) is 7.94. The van der Waals surface area contributed by atoms with E-state index in [1.807, 2.05) is 45.0 Å². The smallest absolute Gasteiger partial charge is 0.260 e. The SMILES string of the molecule is CCC(C)NC(=O)C(C)Oc1ccccc1CC(C)N. The van der Waals surface area contributed by atoms with Crippen molar-refractivity contribution in [3.63, 3.8) is 0 Å². The summed E-state index contributed by atoms with van der Waals surface area (Å²) in [7, 11) is 0. The number of nitrogens with two attached hydrogens (primary N) is 1. The normalized spacial score (nSPS) is 15.2. The van der Waals surface area contributed by atoms with E-state index in [9.17, 15) is 4.79 Å². The first-order valence-electron chi connectivity index (χ1n) is 7.24. The molecule has 0 aliphatic heterocycles. The fourth-order valence-corrected chi connectivity index (χ4v) is 1.84. The van der Waals surface area contributed by atoms with E-state index < -0.39 is 6.10 Å². The molecular formula is C16H26N2O2. The van der Waals surface area contributed by atoms with Gasteiger partial charge in [0.05, 0.1) is 0 Å². The lowest BCUT2D eigenvalue weighted by Crippen LogP contribution is -2.41. The van der Waals surface area contributed by atoms with Crippen molar-refractivity contribution in [2.24, 2.45) is 5.73 Å². The highest BCUT2D eigenvalue weighted by Crippen LogP contribution is 2.20. The van der Waals surface area contributed by atoms with Gasteiger partial charge in [-0.1, -0.05) is 25.1 Å². The average molecular weight is 278 g/mol. The molecule has 0 saturated heterocycles. The second-order valence-corrected chi connectivity index (χ2v) is 5.37. The molecular weight excluding hydrogens is 252 g/mol. The number of para-hydroxylation sites is 1. The maximum Gasteiger partial charge on any atom is 0.260 e. The minimum absolute atomic E-state index is 0.0593. The van der Waals surface area contributed by atoms with Crippen LogP contribution in [0.1, 0.15) is 39.7 Å². The molecule has 0 saturated carbocycles. The van der Waals surface area contributed by atoms with Gasteiger partial charge in [0.1, 0.15) is 5.75 Å². The first kappa shape index (κ1) is 16.5. The van der Waals surface area contributed by atoms with Gasteiger partial charge in [-0.2, -0.15) is 0 Å². The highest BCUT2D eigenvalue weighted by Gasteiger charge is 2.17. The minimum Gasteiger partial charge on any atom is -0.481 e. The monoisotopic (exact) mass is 278 g/mol. The minimum atomic E-state index is -0.516. The maximum absolute atomic E-state index is 12.0. The van der Waals surface area contributed by atoms with Gasteiger partial charge in [0, 0.05) is 12.1 Å². The third-order valence-corrected chi connectivity index (χ3v) is 3.19. The topological polar surface area (TPSA) is 64.3 Å². The van der Waals surface area contributed by atoms with Crippen LogP contribution in [0.25, 0.3) is 0 Å². The molecule has 0 fully saturated rings. The van der Waals surface area contributed by atoms with Gasteiger partial charge in [-0.05, 0) is 45.2 Å². The van der Waals surface area contributed by atoms with Crippen molar-refractivity contribution in [1.82, 2.24) is 5.32 Å². The van der Waals surface area contributed by atoms with Crippen molar-refractivity contribution in [3.05, 3.63) is 29.8 Å². The summed E-state index contributed by atoms with van der Waals surface area (Å²) in [5, 5.41) is 2.92.